The number of hydrogen-bond acceptors (Lipinski definition) is 1. The Morgan fingerprint density at radius 1 is 1.54 bits per heavy atom. The number of benzene rings is 1. The maximum Gasteiger partial charge on any atom is 0.357 e. The van der Waals surface area contributed by atoms with Crippen LogP contribution in [0.1, 0.15) is 12.5 Å². The molecule has 0 saturated heterocycles. The van der Waals surface area contributed by atoms with Crippen molar-refractivity contribution in [1.82, 2.24) is 0 Å². The summed E-state index contributed by atoms with van der Waals surface area (Å²) in [6, 6.07) is 5.81. The summed E-state index contributed by atoms with van der Waals surface area (Å²) in [5.41, 5.74) is 1.12. The lowest BCUT2D eigenvalue weighted by atomic mass is 10.1. The highest BCUT2D eigenvalue weighted by atomic mass is 79.9. The normalized spacial score (nSPS) is 9.31. The van der Waals surface area contributed by atoms with Crippen molar-refractivity contribution in [2.45, 2.75) is 13.3 Å². The van der Waals surface area contributed by atoms with Gasteiger partial charge in [0.2, 0.25) is 0 Å². The minimum absolute atomic E-state index is 0.0919. The molecule has 0 atom stereocenters. The fourth-order valence-corrected chi connectivity index (χ4v) is 1.48. The molecular weight excluding hydrogens is 230 g/mol. The van der Waals surface area contributed by atoms with Gasteiger partial charge in [-0.25, -0.2) is 6.57 Å². The summed E-state index contributed by atoms with van der Waals surface area (Å²) >= 11 is 3.39. The van der Waals surface area contributed by atoms with Gasteiger partial charge in [-0.2, -0.15) is 0 Å². The van der Waals surface area contributed by atoms with Gasteiger partial charge in [-0.3, -0.25) is 4.85 Å². The van der Waals surface area contributed by atoms with Crippen molar-refractivity contribution in [3.63, 3.8) is 0 Å². The monoisotopic (exact) mass is 239 g/mol. The fraction of sp³-hybridized carbons (Fsp3) is 0.300. The molecular formula is C10H10BrNO. The summed E-state index contributed by atoms with van der Waals surface area (Å²) in [6.45, 7) is 8.77. The van der Waals surface area contributed by atoms with E-state index >= 15 is 0 Å². The number of halogens is 1. The molecule has 0 saturated carbocycles. The molecule has 0 aromatic heterocycles. The third-order valence-electron chi connectivity index (χ3n) is 1.69. The van der Waals surface area contributed by atoms with Crippen LogP contribution in [0, 0.1) is 6.57 Å². The molecule has 0 aliphatic carbocycles. The van der Waals surface area contributed by atoms with Crippen LogP contribution in [0.25, 0.3) is 4.85 Å². The highest BCUT2D eigenvalue weighted by Crippen LogP contribution is 2.23. The molecule has 2 nitrogen and oxygen atoms in total. The smallest absolute Gasteiger partial charge is 0.357 e. The highest BCUT2D eigenvalue weighted by Gasteiger charge is 2.02. The molecule has 0 spiro atoms. The van der Waals surface area contributed by atoms with Crippen molar-refractivity contribution < 1.29 is 4.74 Å². The minimum Gasteiger partial charge on any atom is -0.426 e. The molecule has 0 aliphatic heterocycles. The average molecular weight is 240 g/mol. The van der Waals surface area contributed by atoms with Crippen molar-refractivity contribution in [1.29, 1.82) is 0 Å². The summed E-state index contributed by atoms with van der Waals surface area (Å²) < 4.78 is 6.30. The standard InChI is InChI=1S/C10H10BrNO/c1-3-8-6-9(11)4-5-10(8)13-7-12-2/h4-6H,3,7H2,1H3. The van der Waals surface area contributed by atoms with E-state index in [2.05, 4.69) is 27.7 Å². The van der Waals surface area contributed by atoms with E-state index < -0.39 is 0 Å². The van der Waals surface area contributed by atoms with Crippen LogP contribution in [-0.4, -0.2) is 6.73 Å². The Hall–Kier alpha value is -1.01. The Labute approximate surface area is 86.5 Å². The zero-order valence-electron chi connectivity index (χ0n) is 7.38. The highest BCUT2D eigenvalue weighted by molar-refractivity contribution is 9.10. The number of ether oxygens (including phenoxy) is 1. The predicted molar refractivity (Wildman–Crippen MR) is 55.6 cm³/mol. The Balaban J connectivity index is 2.87. The molecule has 0 bridgehead atoms. The van der Waals surface area contributed by atoms with Gasteiger partial charge in [0.25, 0.3) is 0 Å². The lowest BCUT2D eigenvalue weighted by molar-refractivity contribution is 0.357. The second-order valence-corrected chi connectivity index (χ2v) is 3.45. The number of rotatable bonds is 3. The molecule has 3 heteroatoms. The molecule has 1 aromatic rings. The van der Waals surface area contributed by atoms with Crippen LogP contribution >= 0.6 is 15.9 Å². The first kappa shape index (κ1) is 10.1. The quantitative estimate of drug-likeness (QED) is 0.739. The lowest BCUT2D eigenvalue weighted by Crippen LogP contribution is -1.95. The molecule has 1 aromatic carbocycles. The van der Waals surface area contributed by atoms with Crippen LogP contribution in [0.5, 0.6) is 5.75 Å². The minimum atomic E-state index is 0.0919. The van der Waals surface area contributed by atoms with Crippen molar-refractivity contribution in [2.24, 2.45) is 0 Å². The van der Waals surface area contributed by atoms with E-state index in [1.807, 2.05) is 18.2 Å². The van der Waals surface area contributed by atoms with Crippen molar-refractivity contribution >= 4 is 15.9 Å². The van der Waals surface area contributed by atoms with Gasteiger partial charge >= 0.3 is 6.73 Å². The third kappa shape index (κ3) is 2.74. The fourth-order valence-electron chi connectivity index (χ4n) is 1.07. The van der Waals surface area contributed by atoms with E-state index in [0.29, 0.717) is 0 Å². The number of aryl methyl sites for hydroxylation is 1. The second-order valence-electron chi connectivity index (χ2n) is 2.54. The van der Waals surface area contributed by atoms with Crippen LogP contribution in [0.3, 0.4) is 0 Å². The van der Waals surface area contributed by atoms with E-state index in [4.69, 9.17) is 11.3 Å². The summed E-state index contributed by atoms with van der Waals surface area (Å²) in [6.07, 6.45) is 0.909. The molecule has 0 fully saturated rings. The Bertz CT molecular complexity index is 330. The van der Waals surface area contributed by atoms with Gasteiger partial charge in [0, 0.05) is 4.47 Å². The molecule has 0 unspecified atom stereocenters. The summed E-state index contributed by atoms with van der Waals surface area (Å²) in [4.78, 5) is 3.14. The van der Waals surface area contributed by atoms with Gasteiger partial charge in [-0.15, -0.1) is 0 Å². The second kappa shape index (κ2) is 4.88. The van der Waals surface area contributed by atoms with Gasteiger partial charge in [-0.1, -0.05) is 22.9 Å². The van der Waals surface area contributed by atoms with E-state index in [0.717, 1.165) is 22.2 Å². The van der Waals surface area contributed by atoms with Gasteiger partial charge < -0.3 is 4.74 Å². The molecule has 0 aliphatic rings. The Kier molecular flexibility index (Phi) is 3.78. The molecule has 0 radical (unpaired) electrons. The van der Waals surface area contributed by atoms with Crippen LogP contribution < -0.4 is 4.74 Å². The SMILES string of the molecule is [C-]#[N+]COc1ccc(Br)cc1CC. The first-order valence-electron chi connectivity index (χ1n) is 4.02. The summed E-state index contributed by atoms with van der Waals surface area (Å²) in [5.74, 6) is 0.807. The Morgan fingerprint density at radius 3 is 2.92 bits per heavy atom. The molecule has 0 N–H and O–H groups in total. The number of nitrogens with zero attached hydrogens (tertiary/aromatic N) is 1. The van der Waals surface area contributed by atoms with Gasteiger partial charge in [-0.05, 0) is 30.2 Å². The number of hydrogen-bond donors (Lipinski definition) is 0. The molecule has 13 heavy (non-hydrogen) atoms. The van der Waals surface area contributed by atoms with E-state index in [-0.39, 0.29) is 6.73 Å². The van der Waals surface area contributed by atoms with Gasteiger partial charge in [0.05, 0.1) is 0 Å². The van der Waals surface area contributed by atoms with Crippen LogP contribution in [-0.2, 0) is 6.42 Å². The van der Waals surface area contributed by atoms with E-state index in [9.17, 15) is 0 Å². The Morgan fingerprint density at radius 2 is 2.31 bits per heavy atom. The maximum absolute atomic E-state index is 6.61. The summed E-state index contributed by atoms with van der Waals surface area (Å²) in [7, 11) is 0. The summed E-state index contributed by atoms with van der Waals surface area (Å²) in [5, 5.41) is 0. The molecule has 0 amide bonds. The van der Waals surface area contributed by atoms with Crippen LogP contribution in [0.2, 0.25) is 0 Å². The van der Waals surface area contributed by atoms with E-state index in [1.165, 1.54) is 0 Å². The largest absolute Gasteiger partial charge is 0.426 e. The van der Waals surface area contributed by atoms with Crippen molar-refractivity contribution in [3.8, 4) is 5.75 Å². The first-order valence-corrected chi connectivity index (χ1v) is 4.81. The molecule has 0 heterocycles. The van der Waals surface area contributed by atoms with Gasteiger partial charge in [0.15, 0.2) is 0 Å². The van der Waals surface area contributed by atoms with E-state index in [1.54, 1.807) is 0 Å². The van der Waals surface area contributed by atoms with Crippen molar-refractivity contribution in [3.05, 3.63) is 39.7 Å². The first-order chi connectivity index (χ1) is 6.27. The maximum atomic E-state index is 6.61. The average Bonchev–Trinajstić information content (AvgIpc) is 2.16. The predicted octanol–water partition coefficient (Wildman–Crippen LogP) is 3.27. The zero-order chi connectivity index (χ0) is 9.68. The third-order valence-corrected chi connectivity index (χ3v) is 2.18. The zero-order valence-corrected chi connectivity index (χ0v) is 8.97. The lowest BCUT2D eigenvalue weighted by Gasteiger charge is -2.05. The van der Waals surface area contributed by atoms with Crippen LogP contribution in [0.4, 0.5) is 0 Å². The van der Waals surface area contributed by atoms with Crippen molar-refractivity contribution in [2.75, 3.05) is 6.73 Å². The van der Waals surface area contributed by atoms with Gasteiger partial charge in [0.1, 0.15) is 5.75 Å². The molecule has 68 valence electrons. The molecule has 1 rings (SSSR count). The van der Waals surface area contributed by atoms with Crippen LogP contribution in [0.15, 0.2) is 22.7 Å². The topological polar surface area (TPSA) is 13.6 Å².